The maximum Gasteiger partial charge on any atom is 0.137 e. The number of anilines is 1. The van der Waals surface area contributed by atoms with Gasteiger partial charge >= 0.3 is 0 Å². The van der Waals surface area contributed by atoms with Crippen LogP contribution in [0.15, 0.2) is 115 Å². The second-order valence-electron chi connectivity index (χ2n) is 14.0. The van der Waals surface area contributed by atoms with Gasteiger partial charge in [0, 0.05) is 42.3 Å². The molecular formula is C39H40N4O. The summed E-state index contributed by atoms with van der Waals surface area (Å²) in [7, 11) is 2.12. The van der Waals surface area contributed by atoms with Crippen LogP contribution in [0.25, 0.3) is 27.6 Å². The molecule has 1 atom stereocenters. The molecule has 0 saturated heterocycles. The van der Waals surface area contributed by atoms with E-state index in [1.165, 1.54) is 27.5 Å². The highest BCUT2D eigenvalue weighted by molar-refractivity contribution is 6.09. The summed E-state index contributed by atoms with van der Waals surface area (Å²) < 4.78 is 8.84. The predicted molar refractivity (Wildman–Crippen MR) is 183 cm³/mol. The molecule has 222 valence electrons. The van der Waals surface area contributed by atoms with Gasteiger partial charge in [-0.2, -0.15) is 0 Å². The maximum absolute atomic E-state index is 6.56. The van der Waals surface area contributed by atoms with Gasteiger partial charge in [0.15, 0.2) is 0 Å². The Balaban J connectivity index is 1.32. The largest absolute Gasteiger partial charge is 0.457 e. The van der Waals surface area contributed by atoms with Crippen LogP contribution in [0.4, 0.5) is 5.69 Å². The van der Waals surface area contributed by atoms with Crippen LogP contribution in [-0.4, -0.2) is 27.6 Å². The SMILES string of the molecule is CN1C2C=CC=CC2=CN1c1cccc(Oc2ccc3c4cc(C(C)(C)C)ccc4n(-c4cc(C(C)(C)C)ccn4)c3c2)c1. The molecule has 0 bridgehead atoms. The summed E-state index contributed by atoms with van der Waals surface area (Å²) in [5, 5.41) is 6.83. The fourth-order valence-corrected chi connectivity index (χ4v) is 6.24. The van der Waals surface area contributed by atoms with E-state index in [4.69, 9.17) is 9.72 Å². The average Bonchev–Trinajstić information content (AvgIpc) is 3.50. The Labute approximate surface area is 260 Å². The molecule has 2 aliphatic rings. The number of hydrogen-bond acceptors (Lipinski definition) is 4. The fraction of sp³-hybridized carbons (Fsp3) is 0.256. The van der Waals surface area contributed by atoms with Crippen molar-refractivity contribution in [2.45, 2.75) is 58.4 Å². The minimum atomic E-state index is 0.0127. The van der Waals surface area contributed by atoms with Crippen molar-refractivity contribution in [1.82, 2.24) is 14.6 Å². The lowest BCUT2D eigenvalue weighted by Crippen LogP contribution is -2.37. The minimum absolute atomic E-state index is 0.0127. The topological polar surface area (TPSA) is 33.5 Å². The zero-order valence-electron chi connectivity index (χ0n) is 26.7. The van der Waals surface area contributed by atoms with Crippen LogP contribution in [0.1, 0.15) is 52.7 Å². The maximum atomic E-state index is 6.56. The van der Waals surface area contributed by atoms with E-state index in [1.54, 1.807) is 0 Å². The van der Waals surface area contributed by atoms with Crippen molar-refractivity contribution in [2.24, 2.45) is 0 Å². The number of likely N-dealkylation sites (N-methyl/N-ethyl adjacent to an activating group) is 1. The summed E-state index contributed by atoms with van der Waals surface area (Å²) in [4.78, 5) is 4.87. The fourth-order valence-electron chi connectivity index (χ4n) is 6.24. The zero-order chi connectivity index (χ0) is 30.8. The molecule has 0 amide bonds. The molecule has 1 aliphatic carbocycles. The molecule has 1 unspecified atom stereocenters. The Morgan fingerprint density at radius 2 is 1.50 bits per heavy atom. The summed E-state index contributed by atoms with van der Waals surface area (Å²) in [6, 6.07) is 26.1. The Morgan fingerprint density at radius 3 is 2.27 bits per heavy atom. The molecule has 5 nitrogen and oxygen atoms in total. The van der Waals surface area contributed by atoms with Gasteiger partial charge in [-0.25, -0.2) is 9.99 Å². The van der Waals surface area contributed by atoms with Crippen molar-refractivity contribution >= 4 is 27.5 Å². The number of fused-ring (bicyclic) bond motifs is 4. The van der Waals surface area contributed by atoms with Crippen LogP contribution >= 0.6 is 0 Å². The highest BCUT2D eigenvalue weighted by atomic mass is 16.5. The van der Waals surface area contributed by atoms with E-state index in [-0.39, 0.29) is 16.9 Å². The van der Waals surface area contributed by atoms with Crippen molar-refractivity contribution in [3.8, 4) is 17.3 Å². The van der Waals surface area contributed by atoms with Crippen molar-refractivity contribution in [2.75, 3.05) is 12.1 Å². The number of hydrazine groups is 1. The lowest BCUT2D eigenvalue weighted by atomic mass is 9.86. The van der Waals surface area contributed by atoms with Gasteiger partial charge in [0.2, 0.25) is 0 Å². The first-order valence-electron chi connectivity index (χ1n) is 15.4. The van der Waals surface area contributed by atoms with Crippen LogP contribution in [0.3, 0.4) is 0 Å². The molecule has 0 radical (unpaired) electrons. The van der Waals surface area contributed by atoms with Gasteiger partial charge in [0.05, 0.1) is 22.8 Å². The molecule has 44 heavy (non-hydrogen) atoms. The highest BCUT2D eigenvalue weighted by Gasteiger charge is 2.29. The molecule has 0 spiro atoms. The Kier molecular flexibility index (Phi) is 6.56. The van der Waals surface area contributed by atoms with Crippen molar-refractivity contribution in [1.29, 1.82) is 0 Å². The van der Waals surface area contributed by atoms with E-state index in [9.17, 15) is 0 Å². The number of allylic oxidation sites excluding steroid dienone is 2. The van der Waals surface area contributed by atoms with E-state index in [1.807, 2.05) is 12.3 Å². The molecule has 0 fully saturated rings. The summed E-state index contributed by atoms with van der Waals surface area (Å²) in [5.41, 5.74) is 7.17. The van der Waals surface area contributed by atoms with Gasteiger partial charge in [0.25, 0.3) is 0 Å². The second-order valence-corrected chi connectivity index (χ2v) is 14.0. The van der Waals surface area contributed by atoms with Crippen LogP contribution in [0, 0.1) is 0 Å². The first kappa shape index (κ1) is 28.2. The molecule has 3 aromatic carbocycles. The van der Waals surface area contributed by atoms with Crippen LogP contribution < -0.4 is 9.75 Å². The Hall–Kier alpha value is -4.61. The molecule has 7 rings (SSSR count). The van der Waals surface area contributed by atoms with Gasteiger partial charge < -0.3 is 4.74 Å². The molecule has 2 aromatic heterocycles. The third-order valence-corrected chi connectivity index (χ3v) is 8.81. The molecule has 0 saturated carbocycles. The quantitative estimate of drug-likeness (QED) is 0.212. The second kappa shape index (κ2) is 10.2. The van der Waals surface area contributed by atoms with Gasteiger partial charge in [-0.3, -0.25) is 9.58 Å². The van der Waals surface area contributed by atoms with Crippen LogP contribution in [-0.2, 0) is 10.8 Å². The molecule has 0 N–H and O–H groups in total. The minimum Gasteiger partial charge on any atom is -0.457 e. The number of aromatic nitrogens is 2. The van der Waals surface area contributed by atoms with Gasteiger partial charge in [-0.05, 0) is 76.1 Å². The number of rotatable bonds is 4. The number of hydrogen-bond donors (Lipinski definition) is 0. The lowest BCUT2D eigenvalue weighted by molar-refractivity contribution is 0.339. The lowest BCUT2D eigenvalue weighted by Gasteiger charge is -2.29. The Bertz CT molecular complexity index is 2000. The van der Waals surface area contributed by atoms with Crippen molar-refractivity contribution in [3.05, 3.63) is 126 Å². The summed E-state index contributed by atoms with van der Waals surface area (Å²) in [5.74, 6) is 2.49. The van der Waals surface area contributed by atoms with Gasteiger partial charge in [-0.15, -0.1) is 0 Å². The van der Waals surface area contributed by atoms with E-state index >= 15 is 0 Å². The smallest absolute Gasteiger partial charge is 0.137 e. The first-order valence-corrected chi connectivity index (χ1v) is 15.4. The van der Waals surface area contributed by atoms with Crippen LogP contribution in [0.2, 0.25) is 0 Å². The predicted octanol–water partition coefficient (Wildman–Crippen LogP) is 9.61. The van der Waals surface area contributed by atoms with Crippen molar-refractivity contribution < 1.29 is 4.74 Å². The zero-order valence-corrected chi connectivity index (χ0v) is 26.7. The van der Waals surface area contributed by atoms with E-state index in [0.29, 0.717) is 0 Å². The molecule has 3 heterocycles. The van der Waals surface area contributed by atoms with Crippen LogP contribution in [0.5, 0.6) is 11.5 Å². The first-order chi connectivity index (χ1) is 21.0. The average molecular weight is 581 g/mol. The number of pyridine rings is 1. The van der Waals surface area contributed by atoms with E-state index in [2.05, 4.69) is 160 Å². The van der Waals surface area contributed by atoms with Gasteiger partial charge in [-0.1, -0.05) is 78.0 Å². The van der Waals surface area contributed by atoms with Gasteiger partial charge in [0.1, 0.15) is 17.3 Å². The summed E-state index contributed by atoms with van der Waals surface area (Å²) in [6.07, 6.45) is 12.7. The Morgan fingerprint density at radius 1 is 0.727 bits per heavy atom. The summed E-state index contributed by atoms with van der Waals surface area (Å²) in [6.45, 7) is 13.5. The monoisotopic (exact) mass is 580 g/mol. The molecule has 5 heteroatoms. The third kappa shape index (κ3) is 4.91. The normalized spacial score (nSPS) is 17.0. The highest BCUT2D eigenvalue weighted by Crippen LogP contribution is 2.39. The summed E-state index contributed by atoms with van der Waals surface area (Å²) >= 11 is 0. The third-order valence-electron chi connectivity index (χ3n) is 8.81. The van der Waals surface area contributed by atoms with Crippen molar-refractivity contribution in [3.63, 3.8) is 0 Å². The van der Waals surface area contributed by atoms with E-state index < -0.39 is 0 Å². The standard InChI is InChI=1S/C39H40N4O/c1-38(2,3)27-15-18-35-33(21-27)32-17-16-31(24-36(32)43(35)37-22-28(19-20-40-37)39(4,5)6)44-30-13-10-12-29(23-30)42-25-26-11-8-9-14-34(26)41(42)7/h8-25,34H,1-7H3. The number of ether oxygens (including phenoxy) is 1. The van der Waals surface area contributed by atoms with E-state index in [0.717, 1.165) is 34.0 Å². The molecular weight excluding hydrogens is 540 g/mol. The number of nitrogens with zero attached hydrogens (tertiary/aromatic N) is 4. The number of benzene rings is 3. The molecule has 1 aliphatic heterocycles. The molecule has 5 aromatic rings.